The number of nitrogens with one attached hydrogen (secondary N) is 1. The van der Waals surface area contributed by atoms with Gasteiger partial charge in [0, 0.05) is 10.4 Å². The molecule has 6 nitrogen and oxygen atoms in total. The number of hydrogen-bond acceptors (Lipinski definition) is 5. The third kappa shape index (κ3) is 2.37. The fourth-order valence-electron chi connectivity index (χ4n) is 3.87. The molecule has 6 rings (SSSR count). The lowest BCUT2D eigenvalue weighted by molar-refractivity contribution is 0.628. The first-order chi connectivity index (χ1) is 13.8. The lowest BCUT2D eigenvalue weighted by atomic mass is 9.97. The van der Waals surface area contributed by atoms with Crippen LogP contribution in [0.4, 0.5) is 4.39 Å². The molecule has 1 N–H and O–H groups in total. The van der Waals surface area contributed by atoms with Crippen molar-refractivity contribution in [2.24, 2.45) is 0 Å². The van der Waals surface area contributed by atoms with E-state index in [-0.39, 0.29) is 5.82 Å². The third-order valence-corrected chi connectivity index (χ3v) is 6.45. The van der Waals surface area contributed by atoms with Gasteiger partial charge in [-0.3, -0.25) is 5.10 Å². The first kappa shape index (κ1) is 15.9. The predicted molar refractivity (Wildman–Crippen MR) is 106 cm³/mol. The number of aryl methyl sites for hydroxylation is 2. The average molecular weight is 390 g/mol. The quantitative estimate of drug-likeness (QED) is 0.484. The normalized spacial score (nSPS) is 14.0. The van der Waals surface area contributed by atoms with Gasteiger partial charge in [-0.05, 0) is 61.6 Å². The van der Waals surface area contributed by atoms with E-state index in [0.717, 1.165) is 45.7 Å². The maximum atomic E-state index is 13.2. The second-order valence-electron chi connectivity index (χ2n) is 7.01. The Kier molecular flexibility index (Phi) is 3.37. The molecule has 1 aliphatic carbocycles. The standard InChI is InChI=1S/C20H15FN6S/c21-12-7-5-11(6-8-12)14-9-15(25-24-14)18-23-19-17-13-3-1-2-4-16(13)28-20(17)22-10-27(19)26-18/h5-10H,1-4H2,(H,24,25). The Labute approximate surface area is 163 Å². The van der Waals surface area contributed by atoms with E-state index in [1.807, 2.05) is 6.07 Å². The van der Waals surface area contributed by atoms with Gasteiger partial charge in [-0.15, -0.1) is 16.4 Å². The van der Waals surface area contributed by atoms with Gasteiger partial charge in [0.25, 0.3) is 0 Å². The van der Waals surface area contributed by atoms with Crippen molar-refractivity contribution in [3.63, 3.8) is 0 Å². The number of benzene rings is 1. The van der Waals surface area contributed by atoms with Crippen LogP contribution >= 0.6 is 11.3 Å². The van der Waals surface area contributed by atoms with Crippen LogP contribution in [0, 0.1) is 5.82 Å². The molecule has 0 aliphatic heterocycles. The molecule has 4 heterocycles. The number of aromatic amines is 1. The minimum absolute atomic E-state index is 0.267. The first-order valence-corrected chi connectivity index (χ1v) is 10.1. The van der Waals surface area contributed by atoms with Gasteiger partial charge in [0.1, 0.15) is 22.7 Å². The molecule has 5 aromatic rings. The van der Waals surface area contributed by atoms with Gasteiger partial charge in [0.15, 0.2) is 11.5 Å². The van der Waals surface area contributed by atoms with E-state index in [1.54, 1.807) is 34.3 Å². The topological polar surface area (TPSA) is 71.8 Å². The van der Waals surface area contributed by atoms with Crippen molar-refractivity contribution in [2.45, 2.75) is 25.7 Å². The lowest BCUT2D eigenvalue weighted by Crippen LogP contribution is -1.99. The zero-order chi connectivity index (χ0) is 18.7. The summed E-state index contributed by atoms with van der Waals surface area (Å²) in [6, 6.07) is 8.15. The molecule has 0 radical (unpaired) electrons. The average Bonchev–Trinajstić information content (AvgIpc) is 3.43. The highest BCUT2D eigenvalue weighted by molar-refractivity contribution is 7.19. The summed E-state index contributed by atoms with van der Waals surface area (Å²) in [6.07, 6.45) is 6.40. The van der Waals surface area contributed by atoms with E-state index in [4.69, 9.17) is 4.98 Å². The van der Waals surface area contributed by atoms with Crippen molar-refractivity contribution < 1.29 is 4.39 Å². The molecular weight excluding hydrogens is 375 g/mol. The number of H-pyrrole nitrogens is 1. The molecule has 0 atom stereocenters. The Morgan fingerprint density at radius 2 is 1.96 bits per heavy atom. The van der Waals surface area contributed by atoms with Crippen molar-refractivity contribution in [3.05, 3.63) is 52.9 Å². The van der Waals surface area contributed by atoms with Gasteiger partial charge in [0.2, 0.25) is 0 Å². The molecular formula is C20H15FN6S. The van der Waals surface area contributed by atoms with Crippen LogP contribution in [-0.4, -0.2) is 29.8 Å². The van der Waals surface area contributed by atoms with Gasteiger partial charge in [-0.25, -0.2) is 18.9 Å². The summed E-state index contributed by atoms with van der Waals surface area (Å²) in [5.41, 5.74) is 4.52. The molecule has 0 bridgehead atoms. The summed E-state index contributed by atoms with van der Waals surface area (Å²) < 4.78 is 14.9. The van der Waals surface area contributed by atoms with Gasteiger partial charge in [0.05, 0.1) is 11.1 Å². The third-order valence-electron chi connectivity index (χ3n) is 5.25. The summed E-state index contributed by atoms with van der Waals surface area (Å²) in [5.74, 6) is 0.308. The van der Waals surface area contributed by atoms with Crippen LogP contribution in [0.3, 0.4) is 0 Å². The molecule has 1 aliphatic rings. The number of halogens is 1. The molecule has 138 valence electrons. The largest absolute Gasteiger partial charge is 0.274 e. The van der Waals surface area contributed by atoms with E-state index in [0.29, 0.717) is 5.82 Å². The minimum Gasteiger partial charge on any atom is -0.274 e. The monoisotopic (exact) mass is 390 g/mol. The van der Waals surface area contributed by atoms with Crippen LogP contribution in [0.2, 0.25) is 0 Å². The summed E-state index contributed by atoms with van der Waals surface area (Å²) in [6.45, 7) is 0. The SMILES string of the molecule is Fc1ccc(-c2cc(-c3nc4c5c6c(sc5ncn4n3)CCCC6)[nH]n2)cc1. The molecule has 0 fully saturated rings. The number of fused-ring (bicyclic) bond motifs is 5. The maximum Gasteiger partial charge on any atom is 0.200 e. The Morgan fingerprint density at radius 1 is 1.11 bits per heavy atom. The van der Waals surface area contributed by atoms with Crippen LogP contribution in [0.5, 0.6) is 0 Å². The van der Waals surface area contributed by atoms with Crippen molar-refractivity contribution >= 4 is 27.2 Å². The number of hydrogen-bond donors (Lipinski definition) is 1. The van der Waals surface area contributed by atoms with Gasteiger partial charge in [-0.1, -0.05) is 0 Å². The second kappa shape index (κ2) is 5.93. The predicted octanol–water partition coefficient (Wildman–Crippen LogP) is 4.41. The van der Waals surface area contributed by atoms with Crippen molar-refractivity contribution in [1.82, 2.24) is 29.8 Å². The molecule has 0 saturated carbocycles. The molecule has 4 aromatic heterocycles. The van der Waals surface area contributed by atoms with Crippen LogP contribution in [0.15, 0.2) is 36.7 Å². The Morgan fingerprint density at radius 3 is 2.86 bits per heavy atom. The summed E-state index contributed by atoms with van der Waals surface area (Å²) in [4.78, 5) is 11.9. The molecule has 1 aromatic carbocycles. The maximum absolute atomic E-state index is 13.2. The van der Waals surface area contributed by atoms with E-state index in [2.05, 4.69) is 20.3 Å². The van der Waals surface area contributed by atoms with E-state index >= 15 is 0 Å². The molecule has 0 unspecified atom stereocenters. The Bertz CT molecular complexity index is 1330. The van der Waals surface area contributed by atoms with Crippen LogP contribution in [0.25, 0.3) is 38.6 Å². The minimum atomic E-state index is -0.267. The first-order valence-electron chi connectivity index (χ1n) is 9.23. The fraction of sp³-hybridized carbons (Fsp3) is 0.200. The number of nitrogens with zero attached hydrogens (tertiary/aromatic N) is 5. The highest BCUT2D eigenvalue weighted by Gasteiger charge is 2.21. The highest BCUT2D eigenvalue weighted by Crippen LogP contribution is 2.37. The number of rotatable bonds is 2. The van der Waals surface area contributed by atoms with Crippen LogP contribution in [-0.2, 0) is 12.8 Å². The highest BCUT2D eigenvalue weighted by atomic mass is 32.1. The number of aromatic nitrogens is 6. The summed E-state index contributed by atoms with van der Waals surface area (Å²) in [7, 11) is 0. The molecule has 8 heteroatoms. The molecule has 0 saturated heterocycles. The van der Waals surface area contributed by atoms with E-state index in [1.165, 1.54) is 35.4 Å². The second-order valence-corrected chi connectivity index (χ2v) is 8.10. The van der Waals surface area contributed by atoms with Gasteiger partial charge < -0.3 is 0 Å². The summed E-state index contributed by atoms with van der Waals surface area (Å²) in [5, 5.41) is 13.1. The number of thiophene rings is 1. The van der Waals surface area contributed by atoms with Crippen molar-refractivity contribution in [1.29, 1.82) is 0 Å². The van der Waals surface area contributed by atoms with Crippen molar-refractivity contribution in [2.75, 3.05) is 0 Å². The van der Waals surface area contributed by atoms with Gasteiger partial charge >= 0.3 is 0 Å². The van der Waals surface area contributed by atoms with E-state index in [9.17, 15) is 4.39 Å². The Balaban J connectivity index is 1.48. The smallest absolute Gasteiger partial charge is 0.200 e. The van der Waals surface area contributed by atoms with Crippen LogP contribution < -0.4 is 0 Å². The lowest BCUT2D eigenvalue weighted by Gasteiger charge is -2.09. The van der Waals surface area contributed by atoms with E-state index < -0.39 is 0 Å². The van der Waals surface area contributed by atoms with Gasteiger partial charge in [-0.2, -0.15) is 5.10 Å². The summed E-state index contributed by atoms with van der Waals surface area (Å²) >= 11 is 1.78. The fourth-order valence-corrected chi connectivity index (χ4v) is 5.10. The van der Waals surface area contributed by atoms with Crippen molar-refractivity contribution in [3.8, 4) is 22.8 Å². The zero-order valence-electron chi connectivity index (χ0n) is 14.8. The molecule has 28 heavy (non-hydrogen) atoms. The zero-order valence-corrected chi connectivity index (χ0v) is 15.6. The van der Waals surface area contributed by atoms with Crippen LogP contribution in [0.1, 0.15) is 23.3 Å². The molecule has 0 spiro atoms. The molecule has 0 amide bonds. The Hall–Kier alpha value is -3.13.